The summed E-state index contributed by atoms with van der Waals surface area (Å²) >= 11 is 0. The second kappa shape index (κ2) is 9.82. The Kier molecular flexibility index (Phi) is 6.94. The molecule has 2 N–H and O–H groups in total. The van der Waals surface area contributed by atoms with Gasteiger partial charge in [0.15, 0.2) is 12.4 Å². The summed E-state index contributed by atoms with van der Waals surface area (Å²) in [7, 11) is 0. The number of amides is 2. The number of carbonyl (C=O) groups excluding carboxylic acids is 3. The van der Waals surface area contributed by atoms with Gasteiger partial charge in [0.05, 0.1) is 0 Å². The van der Waals surface area contributed by atoms with E-state index in [1.54, 1.807) is 0 Å². The minimum absolute atomic E-state index is 0.0327. The number of hydrogen-bond donors (Lipinski definition) is 2. The van der Waals surface area contributed by atoms with Crippen LogP contribution in [0.4, 0.5) is 4.39 Å². The first-order valence-corrected chi connectivity index (χ1v) is 9.62. The van der Waals surface area contributed by atoms with Crippen LogP contribution in [0.25, 0.3) is 0 Å². The first kappa shape index (κ1) is 20.5. The molecule has 0 atom stereocenters. The highest BCUT2D eigenvalue weighted by Crippen LogP contribution is 2.23. The predicted molar refractivity (Wildman–Crippen MR) is 105 cm³/mol. The van der Waals surface area contributed by atoms with Gasteiger partial charge in [-0.15, -0.1) is 0 Å². The number of nitrogens with one attached hydrogen (secondary N) is 2. The lowest BCUT2D eigenvalue weighted by atomic mass is 9.89. The van der Waals surface area contributed by atoms with Crippen LogP contribution in [-0.4, -0.2) is 24.2 Å². The lowest BCUT2D eigenvalue weighted by molar-refractivity contribution is -0.130. The summed E-state index contributed by atoms with van der Waals surface area (Å²) in [5, 5.41) is 0. The Balaban J connectivity index is 1.37. The summed E-state index contributed by atoms with van der Waals surface area (Å²) in [4.78, 5) is 35.9. The van der Waals surface area contributed by atoms with Crippen LogP contribution in [0.2, 0.25) is 0 Å². The van der Waals surface area contributed by atoms with Gasteiger partial charge in [-0.25, -0.2) is 4.39 Å². The highest BCUT2D eigenvalue weighted by Gasteiger charge is 2.14. The summed E-state index contributed by atoms with van der Waals surface area (Å²) in [6.45, 7) is -0.333. The Morgan fingerprint density at radius 3 is 2.31 bits per heavy atom. The Hall–Kier alpha value is -3.22. The van der Waals surface area contributed by atoms with Gasteiger partial charge in [-0.05, 0) is 67.1 Å². The van der Waals surface area contributed by atoms with Gasteiger partial charge in [0.1, 0.15) is 11.6 Å². The fourth-order valence-corrected chi connectivity index (χ4v) is 3.20. The van der Waals surface area contributed by atoms with Crippen molar-refractivity contribution in [3.05, 3.63) is 65.0 Å². The molecule has 0 radical (unpaired) electrons. The molecule has 0 saturated heterocycles. The van der Waals surface area contributed by atoms with Crippen LogP contribution >= 0.6 is 0 Å². The molecular weight excluding hydrogens is 375 g/mol. The van der Waals surface area contributed by atoms with Crippen molar-refractivity contribution >= 4 is 17.6 Å². The standard InChI is InChI=1S/C22H23FN2O4/c23-18-7-9-19(10-8-18)29-14-22(28)25-24-21(27)12-11-20(26)17-6-5-15-3-1-2-4-16(15)13-17/h5-10,13H,1-4,11-12,14H2,(H,24,27)(H,25,28). The third kappa shape index (κ3) is 6.14. The third-order valence-corrected chi connectivity index (χ3v) is 4.77. The molecule has 0 unspecified atom stereocenters. The van der Waals surface area contributed by atoms with Gasteiger partial charge in [0.25, 0.3) is 5.91 Å². The normalized spacial score (nSPS) is 12.6. The number of aryl methyl sites for hydroxylation is 2. The Morgan fingerprint density at radius 1 is 0.862 bits per heavy atom. The zero-order chi connectivity index (χ0) is 20.6. The molecule has 0 aliphatic heterocycles. The van der Waals surface area contributed by atoms with Crippen LogP contribution in [0.3, 0.4) is 0 Å². The van der Waals surface area contributed by atoms with Crippen molar-refractivity contribution in [2.45, 2.75) is 38.5 Å². The van der Waals surface area contributed by atoms with Crippen molar-refractivity contribution in [3.63, 3.8) is 0 Å². The summed E-state index contributed by atoms with van der Waals surface area (Å²) in [6.07, 6.45) is 4.39. The fraction of sp³-hybridized carbons (Fsp3) is 0.318. The monoisotopic (exact) mass is 398 g/mol. The molecule has 2 aromatic carbocycles. The SMILES string of the molecule is O=C(CCC(=O)c1ccc2c(c1)CCCC2)NNC(=O)COc1ccc(F)cc1. The predicted octanol–water partition coefficient (Wildman–Crippen LogP) is 2.89. The highest BCUT2D eigenvalue weighted by atomic mass is 19.1. The maximum absolute atomic E-state index is 12.8. The average molecular weight is 398 g/mol. The number of carbonyl (C=O) groups is 3. The number of ether oxygens (including phenoxy) is 1. The molecule has 29 heavy (non-hydrogen) atoms. The summed E-state index contributed by atoms with van der Waals surface area (Å²) < 4.78 is 18.0. The Bertz CT molecular complexity index is 896. The van der Waals surface area contributed by atoms with E-state index < -0.39 is 17.6 Å². The lowest BCUT2D eigenvalue weighted by Gasteiger charge is -2.16. The molecule has 152 valence electrons. The summed E-state index contributed by atoms with van der Waals surface area (Å²) in [5.41, 5.74) is 7.62. The zero-order valence-corrected chi connectivity index (χ0v) is 16.0. The Morgan fingerprint density at radius 2 is 1.55 bits per heavy atom. The molecule has 0 heterocycles. The van der Waals surface area contributed by atoms with Crippen molar-refractivity contribution in [3.8, 4) is 5.75 Å². The van der Waals surface area contributed by atoms with E-state index in [0.29, 0.717) is 11.3 Å². The number of fused-ring (bicyclic) bond motifs is 1. The van der Waals surface area contributed by atoms with Gasteiger partial charge in [-0.3, -0.25) is 25.2 Å². The van der Waals surface area contributed by atoms with Gasteiger partial charge >= 0.3 is 0 Å². The van der Waals surface area contributed by atoms with E-state index in [0.717, 1.165) is 19.3 Å². The van der Waals surface area contributed by atoms with Crippen LogP contribution in [0.5, 0.6) is 5.75 Å². The molecule has 0 saturated carbocycles. The zero-order valence-electron chi connectivity index (χ0n) is 16.0. The topological polar surface area (TPSA) is 84.5 Å². The van der Waals surface area contributed by atoms with E-state index in [-0.39, 0.29) is 25.2 Å². The number of rotatable bonds is 7. The average Bonchev–Trinajstić information content (AvgIpc) is 2.75. The van der Waals surface area contributed by atoms with Crippen molar-refractivity contribution < 1.29 is 23.5 Å². The Labute approximate surface area is 168 Å². The molecule has 6 nitrogen and oxygen atoms in total. The molecule has 0 fully saturated rings. The molecule has 2 aromatic rings. The first-order chi connectivity index (χ1) is 14.0. The minimum Gasteiger partial charge on any atom is -0.484 e. The molecular formula is C22H23FN2O4. The minimum atomic E-state index is -0.566. The number of Topliss-reactive ketones (excluding diaryl/α,β-unsaturated/α-hetero) is 1. The quantitative estimate of drug-likeness (QED) is 0.555. The highest BCUT2D eigenvalue weighted by molar-refractivity contribution is 5.98. The molecule has 3 rings (SSSR count). The smallest absolute Gasteiger partial charge is 0.276 e. The number of benzene rings is 2. The van der Waals surface area contributed by atoms with Crippen molar-refractivity contribution in [1.82, 2.24) is 10.9 Å². The van der Waals surface area contributed by atoms with Gasteiger partial charge in [-0.2, -0.15) is 0 Å². The van der Waals surface area contributed by atoms with Crippen LogP contribution in [0, 0.1) is 5.82 Å². The van der Waals surface area contributed by atoms with Gasteiger partial charge in [0.2, 0.25) is 5.91 Å². The van der Waals surface area contributed by atoms with Gasteiger partial charge < -0.3 is 4.74 Å². The molecule has 0 aromatic heterocycles. The fourth-order valence-electron chi connectivity index (χ4n) is 3.20. The van der Waals surface area contributed by atoms with Gasteiger partial charge in [-0.1, -0.05) is 12.1 Å². The van der Waals surface area contributed by atoms with Crippen LogP contribution in [0.1, 0.15) is 47.2 Å². The maximum atomic E-state index is 12.8. The first-order valence-electron chi connectivity index (χ1n) is 9.62. The molecule has 2 amide bonds. The van der Waals surface area contributed by atoms with Crippen LogP contribution < -0.4 is 15.6 Å². The number of hydrazine groups is 1. The van der Waals surface area contributed by atoms with Crippen LogP contribution in [-0.2, 0) is 22.4 Å². The summed E-state index contributed by atoms with van der Waals surface area (Å²) in [6, 6.07) is 11.0. The largest absolute Gasteiger partial charge is 0.484 e. The second-order valence-corrected chi connectivity index (χ2v) is 6.95. The van der Waals surface area contributed by atoms with Gasteiger partial charge in [0, 0.05) is 18.4 Å². The molecule has 0 bridgehead atoms. The lowest BCUT2D eigenvalue weighted by Crippen LogP contribution is -2.43. The molecule has 1 aliphatic carbocycles. The third-order valence-electron chi connectivity index (χ3n) is 4.77. The van der Waals surface area contributed by atoms with Crippen molar-refractivity contribution in [2.24, 2.45) is 0 Å². The van der Waals surface area contributed by atoms with E-state index >= 15 is 0 Å². The van der Waals surface area contributed by atoms with E-state index in [1.165, 1.54) is 41.8 Å². The molecule has 0 spiro atoms. The van der Waals surface area contributed by atoms with E-state index in [4.69, 9.17) is 4.74 Å². The van der Waals surface area contributed by atoms with Crippen molar-refractivity contribution in [2.75, 3.05) is 6.61 Å². The second-order valence-electron chi connectivity index (χ2n) is 6.95. The van der Waals surface area contributed by atoms with Crippen LogP contribution in [0.15, 0.2) is 42.5 Å². The molecule has 7 heteroatoms. The van der Waals surface area contributed by atoms with Crippen molar-refractivity contribution in [1.29, 1.82) is 0 Å². The number of ketones is 1. The number of hydrogen-bond acceptors (Lipinski definition) is 4. The summed E-state index contributed by atoms with van der Waals surface area (Å²) in [5.74, 6) is -1.20. The number of halogens is 1. The van der Waals surface area contributed by atoms with E-state index in [9.17, 15) is 18.8 Å². The van der Waals surface area contributed by atoms with E-state index in [1.807, 2.05) is 18.2 Å². The van der Waals surface area contributed by atoms with E-state index in [2.05, 4.69) is 10.9 Å². The molecule has 1 aliphatic rings. The maximum Gasteiger partial charge on any atom is 0.276 e.